The maximum absolute atomic E-state index is 11.7. The predicted molar refractivity (Wildman–Crippen MR) is 83.3 cm³/mol. The summed E-state index contributed by atoms with van der Waals surface area (Å²) in [5.41, 5.74) is 0.568. The first-order valence-corrected chi connectivity index (χ1v) is 7.35. The molecular formula is C16H24N2O3. The van der Waals surface area contributed by atoms with Gasteiger partial charge in [0.2, 0.25) is 11.8 Å². The molecule has 5 nitrogen and oxygen atoms in total. The summed E-state index contributed by atoms with van der Waals surface area (Å²) < 4.78 is 5.07. The van der Waals surface area contributed by atoms with Gasteiger partial charge in [-0.05, 0) is 37.5 Å². The number of aliphatic hydroxyl groups is 1. The number of hydrogen-bond donors (Lipinski definition) is 2. The summed E-state index contributed by atoms with van der Waals surface area (Å²) in [7, 11) is 1.52. The minimum atomic E-state index is -0.179. The highest BCUT2D eigenvalue weighted by Gasteiger charge is 2.04. The summed E-state index contributed by atoms with van der Waals surface area (Å²) in [5, 5.41) is 11.4. The van der Waals surface area contributed by atoms with Crippen LogP contribution in [0, 0.1) is 0 Å². The van der Waals surface area contributed by atoms with Crippen molar-refractivity contribution in [3.05, 3.63) is 30.5 Å². The van der Waals surface area contributed by atoms with E-state index in [1.54, 1.807) is 24.4 Å². The van der Waals surface area contributed by atoms with Crippen molar-refractivity contribution < 1.29 is 14.6 Å². The van der Waals surface area contributed by atoms with Gasteiger partial charge in [-0.3, -0.25) is 4.79 Å². The van der Waals surface area contributed by atoms with Crippen LogP contribution in [0.2, 0.25) is 0 Å². The lowest BCUT2D eigenvalue weighted by atomic mass is 10.1. The Hall–Kier alpha value is -1.88. The Bertz CT molecular complexity index is 447. The third-order valence-corrected chi connectivity index (χ3v) is 3.02. The molecule has 0 aliphatic rings. The van der Waals surface area contributed by atoms with Gasteiger partial charge in [0.1, 0.15) is 5.69 Å². The molecule has 0 aliphatic carbocycles. The first kappa shape index (κ1) is 17.2. The van der Waals surface area contributed by atoms with Crippen molar-refractivity contribution in [3.63, 3.8) is 0 Å². The number of methoxy groups -OCH3 is 1. The number of carbonyl (C=O) groups excluding carboxylic acids is 1. The number of carbonyl (C=O) groups is 1. The largest absolute Gasteiger partial charge is 0.480 e. The monoisotopic (exact) mass is 292 g/mol. The molecule has 1 amide bonds. The number of unbranched alkanes of at least 4 members (excludes halogenated alkanes) is 5. The molecule has 0 fully saturated rings. The normalized spacial score (nSPS) is 10.8. The summed E-state index contributed by atoms with van der Waals surface area (Å²) in [5.74, 6) is 0.227. The van der Waals surface area contributed by atoms with E-state index in [1.807, 2.05) is 6.08 Å². The minimum Gasteiger partial charge on any atom is -0.480 e. The number of nitrogens with zero attached hydrogens (tertiary/aromatic N) is 1. The summed E-state index contributed by atoms with van der Waals surface area (Å²) in [6, 6.07) is 3.49. The van der Waals surface area contributed by atoms with Gasteiger partial charge in [-0.25, -0.2) is 4.98 Å². The number of anilines is 1. The summed E-state index contributed by atoms with van der Waals surface area (Å²) in [6.45, 7) is 0.276. The minimum absolute atomic E-state index is 0.179. The van der Waals surface area contributed by atoms with Crippen LogP contribution >= 0.6 is 0 Å². The van der Waals surface area contributed by atoms with Crippen LogP contribution < -0.4 is 10.1 Å². The van der Waals surface area contributed by atoms with Crippen molar-refractivity contribution in [2.75, 3.05) is 19.0 Å². The average molecular weight is 292 g/mol. The van der Waals surface area contributed by atoms with E-state index in [2.05, 4.69) is 10.3 Å². The molecule has 5 heteroatoms. The molecule has 0 saturated heterocycles. The molecule has 0 radical (unpaired) electrons. The highest BCUT2D eigenvalue weighted by Crippen LogP contribution is 2.19. The van der Waals surface area contributed by atoms with E-state index < -0.39 is 0 Å². The van der Waals surface area contributed by atoms with Gasteiger partial charge in [0.05, 0.1) is 7.11 Å². The molecule has 0 atom stereocenters. The van der Waals surface area contributed by atoms with Gasteiger partial charge in [0.25, 0.3) is 0 Å². The molecule has 0 aliphatic heterocycles. The van der Waals surface area contributed by atoms with Crippen LogP contribution in [0.25, 0.3) is 0 Å². The second kappa shape index (κ2) is 10.9. The zero-order chi connectivity index (χ0) is 15.3. The van der Waals surface area contributed by atoms with Crippen molar-refractivity contribution in [2.24, 2.45) is 0 Å². The van der Waals surface area contributed by atoms with E-state index in [9.17, 15) is 4.79 Å². The van der Waals surface area contributed by atoms with E-state index in [4.69, 9.17) is 9.84 Å². The van der Waals surface area contributed by atoms with Crippen molar-refractivity contribution in [1.82, 2.24) is 4.98 Å². The average Bonchev–Trinajstić information content (AvgIpc) is 2.50. The smallest absolute Gasteiger partial charge is 0.248 e. The highest BCUT2D eigenvalue weighted by molar-refractivity contribution is 5.99. The molecule has 1 rings (SSSR count). The molecule has 116 valence electrons. The third-order valence-electron chi connectivity index (χ3n) is 3.02. The second-order valence-electron chi connectivity index (χ2n) is 4.73. The number of amides is 1. The second-order valence-corrected chi connectivity index (χ2v) is 4.73. The van der Waals surface area contributed by atoms with Gasteiger partial charge >= 0.3 is 0 Å². The quantitative estimate of drug-likeness (QED) is 0.514. The maximum atomic E-state index is 11.7. The summed E-state index contributed by atoms with van der Waals surface area (Å²) >= 11 is 0. The molecule has 0 spiro atoms. The lowest BCUT2D eigenvalue weighted by Crippen LogP contribution is -2.09. The Labute approximate surface area is 126 Å². The standard InChI is InChI=1S/C16H24N2O3/c1-21-16-14(10-9-12-17-16)18-15(20)11-7-5-3-2-4-6-8-13-19/h7,9-12,19H,2-6,8,13H2,1H3,(H,18,20)/b11-7+. The van der Waals surface area contributed by atoms with Crippen molar-refractivity contribution in [1.29, 1.82) is 0 Å². The van der Waals surface area contributed by atoms with Gasteiger partial charge in [0, 0.05) is 12.8 Å². The Balaban J connectivity index is 2.22. The zero-order valence-electron chi connectivity index (χ0n) is 12.5. The number of allylic oxidation sites excluding steroid dienone is 1. The number of ether oxygens (including phenoxy) is 1. The van der Waals surface area contributed by atoms with E-state index in [1.165, 1.54) is 7.11 Å². The number of nitrogens with one attached hydrogen (secondary N) is 1. The van der Waals surface area contributed by atoms with Gasteiger partial charge in [0.15, 0.2) is 0 Å². The first-order chi connectivity index (χ1) is 10.3. The Morgan fingerprint density at radius 1 is 1.33 bits per heavy atom. The summed E-state index contributed by atoms with van der Waals surface area (Å²) in [4.78, 5) is 15.8. The third kappa shape index (κ3) is 7.46. The van der Waals surface area contributed by atoms with E-state index in [0.717, 1.165) is 38.5 Å². The predicted octanol–water partition coefficient (Wildman–Crippen LogP) is 2.92. The van der Waals surface area contributed by atoms with E-state index in [0.29, 0.717) is 11.6 Å². The molecule has 1 heterocycles. The molecule has 2 N–H and O–H groups in total. The molecule has 0 saturated carbocycles. The molecular weight excluding hydrogens is 268 g/mol. The van der Waals surface area contributed by atoms with Crippen molar-refractivity contribution in [3.8, 4) is 5.88 Å². The fourth-order valence-corrected chi connectivity index (χ4v) is 1.92. The fraction of sp³-hybridized carbons (Fsp3) is 0.500. The molecule has 0 bridgehead atoms. The number of aliphatic hydroxyl groups excluding tert-OH is 1. The SMILES string of the molecule is COc1ncccc1NC(=O)/C=C/CCCCCCCO. The van der Waals surface area contributed by atoms with Gasteiger partial charge in [-0.2, -0.15) is 0 Å². The van der Waals surface area contributed by atoms with Crippen LogP contribution in [-0.4, -0.2) is 29.7 Å². The van der Waals surface area contributed by atoms with Gasteiger partial charge in [-0.15, -0.1) is 0 Å². The van der Waals surface area contributed by atoms with Crippen LogP contribution in [0.5, 0.6) is 5.88 Å². The lowest BCUT2D eigenvalue weighted by Gasteiger charge is -2.06. The molecule has 1 aromatic rings. The highest BCUT2D eigenvalue weighted by atomic mass is 16.5. The van der Waals surface area contributed by atoms with Crippen LogP contribution in [0.4, 0.5) is 5.69 Å². The van der Waals surface area contributed by atoms with Crippen molar-refractivity contribution in [2.45, 2.75) is 38.5 Å². The fourth-order valence-electron chi connectivity index (χ4n) is 1.92. The van der Waals surface area contributed by atoms with E-state index >= 15 is 0 Å². The summed E-state index contributed by atoms with van der Waals surface area (Å²) in [6.07, 6.45) is 11.2. The lowest BCUT2D eigenvalue weighted by molar-refractivity contribution is -0.111. The van der Waals surface area contributed by atoms with Crippen LogP contribution in [0.3, 0.4) is 0 Å². The van der Waals surface area contributed by atoms with Crippen LogP contribution in [0.15, 0.2) is 30.5 Å². The Kier molecular flexibility index (Phi) is 8.88. The maximum Gasteiger partial charge on any atom is 0.248 e. The number of aromatic nitrogens is 1. The topological polar surface area (TPSA) is 71.5 Å². The number of rotatable bonds is 10. The van der Waals surface area contributed by atoms with Crippen molar-refractivity contribution >= 4 is 11.6 Å². The number of hydrogen-bond acceptors (Lipinski definition) is 4. The molecule has 0 unspecified atom stereocenters. The van der Waals surface area contributed by atoms with Gasteiger partial charge < -0.3 is 15.2 Å². The van der Waals surface area contributed by atoms with E-state index in [-0.39, 0.29) is 12.5 Å². The zero-order valence-corrected chi connectivity index (χ0v) is 12.5. The Morgan fingerprint density at radius 2 is 2.10 bits per heavy atom. The Morgan fingerprint density at radius 3 is 2.86 bits per heavy atom. The first-order valence-electron chi connectivity index (χ1n) is 7.35. The molecule has 0 aromatic carbocycles. The van der Waals surface area contributed by atoms with Gasteiger partial charge in [-0.1, -0.05) is 25.3 Å². The molecule has 21 heavy (non-hydrogen) atoms. The van der Waals surface area contributed by atoms with Crippen LogP contribution in [0.1, 0.15) is 38.5 Å². The number of pyridine rings is 1. The molecule has 1 aromatic heterocycles. The van der Waals surface area contributed by atoms with Crippen LogP contribution in [-0.2, 0) is 4.79 Å².